The van der Waals surface area contributed by atoms with Crippen LogP contribution in [0.3, 0.4) is 0 Å². The number of benzene rings is 2. The first-order valence-corrected chi connectivity index (χ1v) is 7.67. The third-order valence-corrected chi connectivity index (χ3v) is 4.53. The quantitative estimate of drug-likeness (QED) is 0.422. The molecule has 0 aliphatic heterocycles. The van der Waals surface area contributed by atoms with E-state index in [0.29, 0.717) is 22.1 Å². The lowest BCUT2D eigenvalue weighted by molar-refractivity contribution is 0.468. The first kappa shape index (κ1) is 13.9. The van der Waals surface area contributed by atoms with Gasteiger partial charge >= 0.3 is 11.3 Å². The first-order valence-electron chi connectivity index (χ1n) is 7.67. The monoisotopic (exact) mass is 333 g/mol. The van der Waals surface area contributed by atoms with E-state index in [1.54, 1.807) is 18.2 Å². The van der Waals surface area contributed by atoms with E-state index >= 15 is 0 Å². The number of hydrogen-bond donors (Lipinski definition) is 2. The van der Waals surface area contributed by atoms with Gasteiger partial charge in [0.25, 0.3) is 0 Å². The maximum absolute atomic E-state index is 11.7. The maximum Gasteiger partial charge on any atom is 0.340 e. The molecule has 0 saturated carbocycles. The third-order valence-electron chi connectivity index (χ3n) is 4.53. The largest absolute Gasteiger partial charge is 0.507 e. The molecule has 2 N–H and O–H groups in total. The summed E-state index contributed by atoms with van der Waals surface area (Å²) in [6.45, 7) is 1.90. The molecule has 0 aliphatic rings. The average Bonchev–Trinajstić information content (AvgIpc) is 2.95. The molecule has 0 spiro atoms. The Morgan fingerprint density at radius 2 is 1.64 bits per heavy atom. The number of aromatic nitrogens is 1. The van der Waals surface area contributed by atoms with Crippen molar-refractivity contribution in [3.8, 4) is 5.75 Å². The number of aromatic amines is 1. The van der Waals surface area contributed by atoms with Crippen LogP contribution in [-0.2, 0) is 0 Å². The summed E-state index contributed by atoms with van der Waals surface area (Å²) in [6, 6.07) is 9.50. The molecule has 0 bridgehead atoms. The average molecular weight is 333 g/mol. The van der Waals surface area contributed by atoms with Crippen LogP contribution >= 0.6 is 0 Å². The Labute approximate surface area is 138 Å². The topological polar surface area (TPSA) is 96.4 Å². The number of H-pyrrole nitrogens is 1. The lowest BCUT2D eigenvalue weighted by Crippen LogP contribution is -1.95. The van der Waals surface area contributed by atoms with Crippen LogP contribution in [0.5, 0.6) is 5.75 Å². The van der Waals surface area contributed by atoms with Gasteiger partial charge in [-0.3, -0.25) is 0 Å². The van der Waals surface area contributed by atoms with Crippen molar-refractivity contribution in [1.29, 1.82) is 0 Å². The molecule has 3 heterocycles. The van der Waals surface area contributed by atoms with Gasteiger partial charge in [0.05, 0.1) is 22.5 Å². The second-order valence-electron chi connectivity index (χ2n) is 6.05. The summed E-state index contributed by atoms with van der Waals surface area (Å²) in [5, 5.41) is 13.0. The van der Waals surface area contributed by atoms with Gasteiger partial charge in [0, 0.05) is 22.2 Å². The minimum atomic E-state index is -0.622. The number of hydrogen-bond acceptors (Lipinski definition) is 5. The van der Waals surface area contributed by atoms with E-state index in [2.05, 4.69) is 4.98 Å². The van der Waals surface area contributed by atoms with Gasteiger partial charge in [0.15, 0.2) is 5.58 Å². The Hall–Kier alpha value is -3.54. The van der Waals surface area contributed by atoms with E-state index in [4.69, 9.17) is 8.83 Å². The molecule has 3 aromatic heterocycles. The molecule has 0 fully saturated rings. The van der Waals surface area contributed by atoms with Crippen LogP contribution in [0.15, 0.2) is 54.8 Å². The van der Waals surface area contributed by atoms with E-state index in [-0.39, 0.29) is 5.75 Å². The van der Waals surface area contributed by atoms with Crippen molar-refractivity contribution in [1.82, 2.24) is 4.98 Å². The molecule has 0 atom stereocenters. The van der Waals surface area contributed by atoms with E-state index < -0.39 is 11.3 Å². The van der Waals surface area contributed by atoms with Crippen LogP contribution in [0.4, 0.5) is 0 Å². The molecule has 0 unspecified atom stereocenters. The Bertz CT molecular complexity index is 1450. The lowest BCUT2D eigenvalue weighted by Gasteiger charge is -2.02. The molecule has 5 aromatic rings. The van der Waals surface area contributed by atoms with Crippen LogP contribution in [0.1, 0.15) is 5.56 Å². The fraction of sp³-hybridized carbons (Fsp3) is 0.0526. The van der Waals surface area contributed by atoms with Crippen molar-refractivity contribution in [2.75, 3.05) is 0 Å². The Kier molecular flexibility index (Phi) is 2.50. The van der Waals surface area contributed by atoms with Gasteiger partial charge in [-0.25, -0.2) is 9.59 Å². The van der Waals surface area contributed by atoms with E-state index in [1.165, 1.54) is 6.07 Å². The highest BCUT2D eigenvalue weighted by molar-refractivity contribution is 6.24. The molecule has 0 radical (unpaired) electrons. The Balaban J connectivity index is 2.12. The normalized spacial score (nSPS) is 11.9. The summed E-state index contributed by atoms with van der Waals surface area (Å²) < 4.78 is 10.6. The second kappa shape index (κ2) is 4.51. The zero-order valence-electron chi connectivity index (χ0n) is 13.0. The van der Waals surface area contributed by atoms with E-state index in [0.717, 1.165) is 33.3 Å². The van der Waals surface area contributed by atoms with E-state index in [9.17, 15) is 14.7 Å². The van der Waals surface area contributed by atoms with Crippen LogP contribution in [-0.4, -0.2) is 10.1 Å². The molecule has 122 valence electrons. The van der Waals surface area contributed by atoms with Gasteiger partial charge in [0.1, 0.15) is 11.3 Å². The predicted octanol–water partition coefficient (Wildman–Crippen LogP) is 3.55. The van der Waals surface area contributed by atoms with Crippen molar-refractivity contribution >= 4 is 43.7 Å². The van der Waals surface area contributed by atoms with Gasteiger partial charge < -0.3 is 18.9 Å². The summed E-state index contributed by atoms with van der Waals surface area (Å²) in [4.78, 5) is 26.5. The Morgan fingerprint density at radius 3 is 2.48 bits per heavy atom. The third kappa shape index (κ3) is 1.79. The van der Waals surface area contributed by atoms with Crippen LogP contribution < -0.4 is 11.3 Å². The summed E-state index contributed by atoms with van der Waals surface area (Å²) in [7, 11) is 0. The van der Waals surface area contributed by atoms with Crippen molar-refractivity contribution in [2.24, 2.45) is 0 Å². The van der Waals surface area contributed by atoms with Gasteiger partial charge in [-0.1, -0.05) is 6.07 Å². The second-order valence-corrected chi connectivity index (χ2v) is 6.05. The number of rotatable bonds is 0. The molecule has 6 heteroatoms. The van der Waals surface area contributed by atoms with Gasteiger partial charge in [-0.05, 0) is 30.7 Å². The summed E-state index contributed by atoms with van der Waals surface area (Å²) in [5.74, 6) is -0.126. The summed E-state index contributed by atoms with van der Waals surface area (Å²) in [5.41, 5.74) is 2.12. The molecular weight excluding hydrogens is 322 g/mol. The van der Waals surface area contributed by atoms with Crippen LogP contribution in [0.25, 0.3) is 43.7 Å². The maximum atomic E-state index is 11.7. The SMILES string of the molecule is Cc1cc2oc(=O)ccc2c2c1[nH]c1c2ccc2c(O)cc(=O)oc21. The molecule has 2 aromatic carbocycles. The number of nitrogens with one attached hydrogen (secondary N) is 1. The standard InChI is InChI=1S/C19H11NO5/c1-8-6-13-10(4-5-14(22)24-13)16-11-3-2-9-12(21)7-15(23)25-19(9)18(11)20-17(8)16/h2-7,20-21H,1H3. The zero-order chi connectivity index (χ0) is 17.3. The molecule has 6 nitrogen and oxygen atoms in total. The molecule has 0 amide bonds. The van der Waals surface area contributed by atoms with Gasteiger partial charge in [0.2, 0.25) is 0 Å². The highest BCUT2D eigenvalue weighted by Crippen LogP contribution is 2.37. The van der Waals surface area contributed by atoms with Gasteiger partial charge in [-0.2, -0.15) is 0 Å². The highest BCUT2D eigenvalue weighted by atomic mass is 16.4. The first-order chi connectivity index (χ1) is 12.0. The Morgan fingerprint density at radius 1 is 0.880 bits per heavy atom. The summed E-state index contributed by atoms with van der Waals surface area (Å²) in [6.07, 6.45) is 0. The molecule has 0 saturated heterocycles. The van der Waals surface area contributed by atoms with Crippen molar-refractivity contribution in [2.45, 2.75) is 6.92 Å². The fourth-order valence-electron chi connectivity index (χ4n) is 3.45. The smallest absolute Gasteiger partial charge is 0.340 e. The lowest BCUT2D eigenvalue weighted by atomic mass is 10.0. The van der Waals surface area contributed by atoms with Crippen LogP contribution in [0.2, 0.25) is 0 Å². The number of aryl methyl sites for hydroxylation is 1. The van der Waals surface area contributed by atoms with E-state index in [1.807, 2.05) is 13.0 Å². The van der Waals surface area contributed by atoms with Crippen molar-refractivity contribution < 1.29 is 13.9 Å². The zero-order valence-corrected chi connectivity index (χ0v) is 13.0. The molecular formula is C19H11NO5. The summed E-state index contributed by atoms with van der Waals surface area (Å²) >= 11 is 0. The number of aromatic hydroxyl groups is 1. The van der Waals surface area contributed by atoms with Crippen LogP contribution in [0, 0.1) is 6.92 Å². The number of fused-ring (bicyclic) bond motifs is 7. The molecule has 0 aliphatic carbocycles. The fourth-order valence-corrected chi connectivity index (χ4v) is 3.45. The minimum absolute atomic E-state index is 0.126. The highest BCUT2D eigenvalue weighted by Gasteiger charge is 2.16. The van der Waals surface area contributed by atoms with Gasteiger partial charge in [-0.15, -0.1) is 0 Å². The molecule has 25 heavy (non-hydrogen) atoms. The predicted molar refractivity (Wildman–Crippen MR) is 94.3 cm³/mol. The minimum Gasteiger partial charge on any atom is -0.507 e. The van der Waals surface area contributed by atoms with Crippen molar-refractivity contribution in [3.05, 3.63) is 62.8 Å². The van der Waals surface area contributed by atoms with Crippen molar-refractivity contribution in [3.63, 3.8) is 0 Å². The molecule has 5 rings (SSSR count).